The van der Waals surface area contributed by atoms with Gasteiger partial charge in [-0.1, -0.05) is 29.8 Å². The maximum absolute atomic E-state index is 12.3. The van der Waals surface area contributed by atoms with Gasteiger partial charge in [-0.05, 0) is 37.3 Å². The highest BCUT2D eigenvalue weighted by atomic mass is 35.5. The number of carbonyl (C=O) groups is 1. The number of methoxy groups -OCH3 is 1. The van der Waals surface area contributed by atoms with Gasteiger partial charge in [0.15, 0.2) is 0 Å². The Morgan fingerprint density at radius 1 is 1.16 bits per heavy atom. The first kappa shape index (κ1) is 16.9. The van der Waals surface area contributed by atoms with E-state index in [1.807, 2.05) is 31.2 Å². The molecule has 0 radical (unpaired) electrons. The van der Waals surface area contributed by atoms with Crippen molar-refractivity contribution in [1.29, 1.82) is 0 Å². The van der Waals surface area contributed by atoms with Gasteiger partial charge in [0.2, 0.25) is 0 Å². The Kier molecular flexibility index (Phi) is 4.90. The van der Waals surface area contributed by atoms with Crippen LogP contribution in [0.5, 0.6) is 5.75 Å². The first-order valence-electron chi connectivity index (χ1n) is 7.60. The summed E-state index contributed by atoms with van der Waals surface area (Å²) in [6.07, 6.45) is 0. The van der Waals surface area contributed by atoms with Gasteiger partial charge in [-0.25, -0.2) is 4.79 Å². The number of hydrogen-bond donors (Lipinski definition) is 3. The molecule has 2 aromatic carbocycles. The molecule has 0 unspecified atom stereocenters. The van der Waals surface area contributed by atoms with Crippen LogP contribution in [0.15, 0.2) is 48.5 Å². The Morgan fingerprint density at radius 3 is 2.72 bits per heavy atom. The van der Waals surface area contributed by atoms with Crippen molar-refractivity contribution in [3.8, 4) is 17.0 Å². The predicted octanol–water partition coefficient (Wildman–Crippen LogP) is 4.69. The topological polar surface area (TPSA) is 79.0 Å². The SMILES string of the molecule is COc1cccc(-c2n[nH]c(C)c2NC(=O)Nc2cccc(Cl)c2)c1. The maximum atomic E-state index is 12.3. The number of rotatable bonds is 4. The smallest absolute Gasteiger partial charge is 0.323 e. The highest BCUT2D eigenvalue weighted by molar-refractivity contribution is 6.30. The zero-order valence-electron chi connectivity index (χ0n) is 13.8. The molecule has 0 saturated carbocycles. The Labute approximate surface area is 150 Å². The molecule has 0 aliphatic heterocycles. The molecular weight excluding hydrogens is 340 g/mol. The maximum Gasteiger partial charge on any atom is 0.323 e. The van der Waals surface area contributed by atoms with E-state index in [4.69, 9.17) is 16.3 Å². The van der Waals surface area contributed by atoms with Crippen LogP contribution in [0.3, 0.4) is 0 Å². The molecule has 7 heteroatoms. The van der Waals surface area contributed by atoms with Crippen LogP contribution in [0.4, 0.5) is 16.2 Å². The van der Waals surface area contributed by atoms with Crippen LogP contribution in [0, 0.1) is 6.92 Å². The lowest BCUT2D eigenvalue weighted by molar-refractivity contribution is 0.262. The Balaban J connectivity index is 1.83. The number of benzene rings is 2. The minimum atomic E-state index is -0.379. The number of urea groups is 1. The summed E-state index contributed by atoms with van der Waals surface area (Å²) in [7, 11) is 1.60. The van der Waals surface area contributed by atoms with Crippen molar-refractivity contribution in [3.63, 3.8) is 0 Å². The van der Waals surface area contributed by atoms with Crippen LogP contribution in [0.1, 0.15) is 5.69 Å². The number of H-pyrrole nitrogens is 1. The zero-order chi connectivity index (χ0) is 17.8. The minimum absolute atomic E-state index is 0.379. The van der Waals surface area contributed by atoms with Crippen molar-refractivity contribution in [2.75, 3.05) is 17.7 Å². The summed E-state index contributed by atoms with van der Waals surface area (Å²) in [5.41, 5.74) is 3.43. The first-order valence-corrected chi connectivity index (χ1v) is 7.97. The number of aromatic nitrogens is 2. The number of aromatic amines is 1. The molecule has 0 atom stereocenters. The van der Waals surface area contributed by atoms with Crippen molar-refractivity contribution in [3.05, 3.63) is 59.2 Å². The second-order valence-electron chi connectivity index (χ2n) is 5.39. The number of carbonyl (C=O) groups excluding carboxylic acids is 1. The molecule has 128 valence electrons. The van der Waals surface area contributed by atoms with Gasteiger partial charge in [-0.3, -0.25) is 5.10 Å². The van der Waals surface area contributed by atoms with Crippen molar-refractivity contribution >= 4 is 29.0 Å². The van der Waals surface area contributed by atoms with Gasteiger partial charge >= 0.3 is 6.03 Å². The molecule has 3 N–H and O–H groups in total. The summed E-state index contributed by atoms with van der Waals surface area (Å²) >= 11 is 5.93. The van der Waals surface area contributed by atoms with E-state index in [-0.39, 0.29) is 6.03 Å². The van der Waals surface area contributed by atoms with Crippen molar-refractivity contribution in [1.82, 2.24) is 10.2 Å². The summed E-state index contributed by atoms with van der Waals surface area (Å²) in [6.45, 7) is 1.84. The van der Waals surface area contributed by atoms with Gasteiger partial charge in [0.05, 0.1) is 18.5 Å². The largest absolute Gasteiger partial charge is 0.497 e. The lowest BCUT2D eigenvalue weighted by Crippen LogP contribution is -2.20. The molecule has 0 aliphatic rings. The van der Waals surface area contributed by atoms with Crippen LogP contribution < -0.4 is 15.4 Å². The van der Waals surface area contributed by atoms with E-state index in [1.54, 1.807) is 31.4 Å². The number of anilines is 2. The van der Waals surface area contributed by atoms with Crippen molar-refractivity contribution in [2.24, 2.45) is 0 Å². The third-order valence-corrected chi connectivity index (χ3v) is 3.85. The number of amides is 2. The highest BCUT2D eigenvalue weighted by Gasteiger charge is 2.15. The van der Waals surface area contributed by atoms with E-state index in [0.717, 1.165) is 11.3 Å². The van der Waals surface area contributed by atoms with Gasteiger partial charge in [0.25, 0.3) is 0 Å². The minimum Gasteiger partial charge on any atom is -0.497 e. The van der Waals surface area contributed by atoms with E-state index < -0.39 is 0 Å². The van der Waals surface area contributed by atoms with E-state index in [9.17, 15) is 4.79 Å². The first-order chi connectivity index (χ1) is 12.1. The van der Waals surface area contributed by atoms with E-state index in [2.05, 4.69) is 20.8 Å². The Bertz CT molecular complexity index is 908. The molecule has 25 heavy (non-hydrogen) atoms. The van der Waals surface area contributed by atoms with Crippen molar-refractivity contribution in [2.45, 2.75) is 6.92 Å². The molecule has 0 bridgehead atoms. The standard InChI is InChI=1S/C18H17ClN4O2/c1-11-16(21-18(24)20-14-7-4-6-13(19)10-14)17(23-22-11)12-5-3-8-15(9-12)25-2/h3-10H,1-2H3,(H,22,23)(H2,20,21,24). The predicted molar refractivity (Wildman–Crippen MR) is 99.4 cm³/mol. The van der Waals surface area contributed by atoms with Gasteiger partial charge in [0, 0.05) is 16.3 Å². The van der Waals surface area contributed by atoms with E-state index >= 15 is 0 Å². The molecule has 3 rings (SSSR count). The monoisotopic (exact) mass is 356 g/mol. The fourth-order valence-corrected chi connectivity index (χ4v) is 2.59. The zero-order valence-corrected chi connectivity index (χ0v) is 14.5. The van der Waals surface area contributed by atoms with Gasteiger partial charge in [-0.15, -0.1) is 0 Å². The normalized spacial score (nSPS) is 10.4. The lowest BCUT2D eigenvalue weighted by Gasteiger charge is -2.09. The van der Waals surface area contributed by atoms with Gasteiger partial charge < -0.3 is 15.4 Å². The van der Waals surface area contributed by atoms with Crippen LogP contribution in [-0.2, 0) is 0 Å². The number of hydrogen-bond acceptors (Lipinski definition) is 3. The molecule has 0 saturated heterocycles. The number of aryl methyl sites for hydroxylation is 1. The molecule has 1 heterocycles. The molecule has 3 aromatic rings. The van der Waals surface area contributed by atoms with Crippen molar-refractivity contribution < 1.29 is 9.53 Å². The lowest BCUT2D eigenvalue weighted by atomic mass is 10.1. The fraction of sp³-hybridized carbons (Fsp3) is 0.111. The number of halogens is 1. The fourth-order valence-electron chi connectivity index (χ4n) is 2.40. The molecule has 2 amide bonds. The van der Waals surface area contributed by atoms with E-state index in [0.29, 0.717) is 27.8 Å². The van der Waals surface area contributed by atoms with Crippen LogP contribution >= 0.6 is 11.6 Å². The quantitative estimate of drug-likeness (QED) is 0.634. The third kappa shape index (κ3) is 3.92. The molecule has 1 aromatic heterocycles. The second kappa shape index (κ2) is 7.27. The second-order valence-corrected chi connectivity index (χ2v) is 5.83. The summed E-state index contributed by atoms with van der Waals surface area (Å²) < 4.78 is 5.24. The summed E-state index contributed by atoms with van der Waals surface area (Å²) in [4.78, 5) is 12.3. The highest BCUT2D eigenvalue weighted by Crippen LogP contribution is 2.30. The molecule has 0 aliphatic carbocycles. The molecular formula is C18H17ClN4O2. The molecule has 0 spiro atoms. The van der Waals surface area contributed by atoms with E-state index in [1.165, 1.54) is 0 Å². The summed E-state index contributed by atoms with van der Waals surface area (Å²) in [6, 6.07) is 14.0. The average molecular weight is 357 g/mol. The Morgan fingerprint density at radius 2 is 1.96 bits per heavy atom. The van der Waals surface area contributed by atoms with Gasteiger partial charge in [-0.2, -0.15) is 5.10 Å². The number of nitrogens with zero attached hydrogens (tertiary/aromatic N) is 1. The Hall–Kier alpha value is -2.99. The number of nitrogens with one attached hydrogen (secondary N) is 3. The summed E-state index contributed by atoms with van der Waals surface area (Å²) in [5, 5.41) is 13.3. The molecule has 0 fully saturated rings. The number of ether oxygens (including phenoxy) is 1. The van der Waals surface area contributed by atoms with Crippen LogP contribution in [-0.4, -0.2) is 23.3 Å². The third-order valence-electron chi connectivity index (χ3n) is 3.61. The van der Waals surface area contributed by atoms with Crippen LogP contribution in [0.2, 0.25) is 5.02 Å². The molecule has 6 nitrogen and oxygen atoms in total. The summed E-state index contributed by atoms with van der Waals surface area (Å²) in [5.74, 6) is 0.715. The van der Waals surface area contributed by atoms with Gasteiger partial charge in [0.1, 0.15) is 11.4 Å². The average Bonchev–Trinajstić information content (AvgIpc) is 2.95. The van der Waals surface area contributed by atoms with Crippen LogP contribution in [0.25, 0.3) is 11.3 Å².